The van der Waals surface area contributed by atoms with Gasteiger partial charge < -0.3 is 0 Å². The first-order valence-electron chi connectivity index (χ1n) is 6.09. The minimum atomic E-state index is 0.511. The first kappa shape index (κ1) is 15.0. The average Bonchev–Trinajstić information content (AvgIpc) is 2.80. The van der Waals surface area contributed by atoms with Crippen LogP contribution in [0.1, 0.15) is 4.88 Å². The fourth-order valence-electron chi connectivity index (χ4n) is 1.97. The van der Waals surface area contributed by atoms with E-state index in [1.54, 1.807) is 23.6 Å². The summed E-state index contributed by atoms with van der Waals surface area (Å²) >= 11 is 17.1. The zero-order valence-corrected chi connectivity index (χ0v) is 14.8. The summed E-state index contributed by atoms with van der Waals surface area (Å²) in [5, 5.41) is 1.82. The molecule has 0 saturated heterocycles. The molecule has 1 aromatic carbocycles. The maximum Gasteiger partial charge on any atom is 0.144 e. The quantitative estimate of drug-likeness (QED) is 0.508. The molecule has 2 nitrogen and oxygen atoms in total. The third-order valence-electron chi connectivity index (χ3n) is 2.91. The van der Waals surface area contributed by atoms with Gasteiger partial charge in [0.05, 0.1) is 15.7 Å². The number of pyridine rings is 1. The highest BCUT2D eigenvalue weighted by Gasteiger charge is 2.15. The number of hydrogen-bond acceptors (Lipinski definition) is 3. The van der Waals surface area contributed by atoms with Crippen molar-refractivity contribution >= 4 is 50.5 Å². The fourth-order valence-corrected chi connectivity index (χ4v) is 3.84. The summed E-state index contributed by atoms with van der Waals surface area (Å²) in [6, 6.07) is 9.74. The predicted molar refractivity (Wildman–Crippen MR) is 93.2 cm³/mol. The molecule has 3 rings (SSSR count). The third kappa shape index (κ3) is 3.14. The summed E-state index contributed by atoms with van der Waals surface area (Å²) in [6.07, 6.45) is 1.58. The van der Waals surface area contributed by atoms with Crippen molar-refractivity contribution in [1.82, 2.24) is 9.97 Å². The van der Waals surface area contributed by atoms with E-state index in [2.05, 4.69) is 25.9 Å². The van der Waals surface area contributed by atoms with Crippen LogP contribution in [0, 0.1) is 6.92 Å². The highest BCUT2D eigenvalue weighted by molar-refractivity contribution is 9.10. The smallest absolute Gasteiger partial charge is 0.144 e. The first-order valence-corrected chi connectivity index (χ1v) is 8.46. The number of thiazole rings is 1. The van der Waals surface area contributed by atoms with Crippen molar-refractivity contribution < 1.29 is 0 Å². The van der Waals surface area contributed by atoms with Crippen molar-refractivity contribution in [2.24, 2.45) is 0 Å². The molecule has 3 aromatic rings. The number of rotatable bonds is 2. The van der Waals surface area contributed by atoms with Crippen LogP contribution in [0.25, 0.3) is 22.0 Å². The fraction of sp³-hybridized carbons (Fsp3) is 0.0667. The SMILES string of the molecule is Cc1sc(-c2ncc(Cl)cc2Cl)nc1-c1cccc(Br)c1. The lowest BCUT2D eigenvalue weighted by Gasteiger charge is -2.00. The van der Waals surface area contributed by atoms with Gasteiger partial charge in [-0.2, -0.15) is 0 Å². The van der Waals surface area contributed by atoms with Crippen molar-refractivity contribution in [2.75, 3.05) is 0 Å². The van der Waals surface area contributed by atoms with Crippen LogP contribution in [0.5, 0.6) is 0 Å². The van der Waals surface area contributed by atoms with Crippen LogP contribution in [0.4, 0.5) is 0 Å². The molecule has 0 bridgehead atoms. The molecule has 106 valence electrons. The summed E-state index contributed by atoms with van der Waals surface area (Å²) in [5.74, 6) is 0. The van der Waals surface area contributed by atoms with Crippen LogP contribution in [0.2, 0.25) is 10.0 Å². The van der Waals surface area contributed by atoms with Crippen LogP contribution in [0.3, 0.4) is 0 Å². The zero-order valence-electron chi connectivity index (χ0n) is 10.9. The van der Waals surface area contributed by atoms with Gasteiger partial charge in [0.25, 0.3) is 0 Å². The molecule has 0 amide bonds. The van der Waals surface area contributed by atoms with E-state index in [0.717, 1.165) is 25.6 Å². The molecular weight excluding hydrogens is 391 g/mol. The van der Waals surface area contributed by atoms with E-state index in [1.807, 2.05) is 31.2 Å². The van der Waals surface area contributed by atoms with Crippen molar-refractivity contribution in [1.29, 1.82) is 0 Å². The normalized spacial score (nSPS) is 10.9. The number of halogens is 3. The van der Waals surface area contributed by atoms with Gasteiger partial charge in [0, 0.05) is 21.1 Å². The highest BCUT2D eigenvalue weighted by atomic mass is 79.9. The maximum absolute atomic E-state index is 6.21. The van der Waals surface area contributed by atoms with E-state index < -0.39 is 0 Å². The van der Waals surface area contributed by atoms with Gasteiger partial charge in [0.2, 0.25) is 0 Å². The molecule has 0 atom stereocenters. The number of aryl methyl sites for hydroxylation is 1. The molecule has 0 aliphatic heterocycles. The van der Waals surface area contributed by atoms with Gasteiger partial charge in [-0.05, 0) is 25.1 Å². The summed E-state index contributed by atoms with van der Waals surface area (Å²) in [7, 11) is 0. The van der Waals surface area contributed by atoms with E-state index in [1.165, 1.54) is 0 Å². The van der Waals surface area contributed by atoms with Gasteiger partial charge >= 0.3 is 0 Å². The molecule has 0 saturated carbocycles. The van der Waals surface area contributed by atoms with E-state index in [9.17, 15) is 0 Å². The van der Waals surface area contributed by atoms with Gasteiger partial charge in [0.1, 0.15) is 10.7 Å². The van der Waals surface area contributed by atoms with Crippen LogP contribution in [0.15, 0.2) is 41.0 Å². The lowest BCUT2D eigenvalue weighted by Crippen LogP contribution is -1.85. The van der Waals surface area contributed by atoms with Crippen molar-refractivity contribution in [3.8, 4) is 22.0 Å². The minimum Gasteiger partial charge on any atom is -0.251 e. The zero-order chi connectivity index (χ0) is 15.0. The Morgan fingerprint density at radius 3 is 2.67 bits per heavy atom. The molecule has 0 N–H and O–H groups in total. The Balaban J connectivity index is 2.09. The number of hydrogen-bond donors (Lipinski definition) is 0. The second-order valence-corrected chi connectivity index (χ2v) is 7.38. The van der Waals surface area contributed by atoms with E-state index in [4.69, 9.17) is 23.2 Å². The Hall–Kier alpha value is -0.940. The summed E-state index contributed by atoms with van der Waals surface area (Å²) in [5.41, 5.74) is 2.67. The Kier molecular flexibility index (Phi) is 4.31. The molecule has 0 aliphatic carbocycles. The molecule has 0 aliphatic rings. The van der Waals surface area contributed by atoms with Gasteiger partial charge in [-0.15, -0.1) is 11.3 Å². The Bertz CT molecular complexity index is 817. The number of benzene rings is 1. The number of nitrogens with zero attached hydrogens (tertiary/aromatic N) is 2. The highest BCUT2D eigenvalue weighted by Crippen LogP contribution is 2.36. The summed E-state index contributed by atoms with van der Waals surface area (Å²) in [4.78, 5) is 10.1. The van der Waals surface area contributed by atoms with Gasteiger partial charge in [-0.25, -0.2) is 4.98 Å². The second-order valence-electron chi connectivity index (χ2n) is 4.42. The van der Waals surface area contributed by atoms with E-state index in [-0.39, 0.29) is 0 Å². The Morgan fingerprint density at radius 1 is 1.14 bits per heavy atom. The standard InChI is InChI=1S/C15H9BrCl2N2S/c1-8-13(9-3-2-4-10(16)5-9)20-15(21-8)14-12(18)6-11(17)7-19-14/h2-7H,1H3. The first-order chi connectivity index (χ1) is 10.0. The van der Waals surface area contributed by atoms with Gasteiger partial charge in [-0.3, -0.25) is 4.98 Å². The Labute approximate surface area is 144 Å². The molecule has 6 heteroatoms. The van der Waals surface area contributed by atoms with Crippen LogP contribution in [-0.2, 0) is 0 Å². The molecule has 21 heavy (non-hydrogen) atoms. The van der Waals surface area contributed by atoms with Crippen molar-refractivity contribution in [3.05, 3.63) is 55.9 Å². The monoisotopic (exact) mass is 398 g/mol. The van der Waals surface area contributed by atoms with Crippen molar-refractivity contribution in [2.45, 2.75) is 6.92 Å². The number of aromatic nitrogens is 2. The topological polar surface area (TPSA) is 25.8 Å². The lowest BCUT2D eigenvalue weighted by molar-refractivity contribution is 1.29. The summed E-state index contributed by atoms with van der Waals surface area (Å²) < 4.78 is 1.02. The van der Waals surface area contributed by atoms with Gasteiger partial charge in [0.15, 0.2) is 0 Å². The molecule has 0 spiro atoms. The molecule has 0 radical (unpaired) electrons. The van der Waals surface area contributed by atoms with Crippen LogP contribution in [-0.4, -0.2) is 9.97 Å². The third-order valence-corrected chi connectivity index (χ3v) is 4.87. The van der Waals surface area contributed by atoms with E-state index in [0.29, 0.717) is 15.7 Å². The van der Waals surface area contributed by atoms with E-state index >= 15 is 0 Å². The molecule has 2 aromatic heterocycles. The van der Waals surface area contributed by atoms with Crippen molar-refractivity contribution in [3.63, 3.8) is 0 Å². The molecular formula is C15H9BrCl2N2S. The summed E-state index contributed by atoms with van der Waals surface area (Å²) in [6.45, 7) is 2.04. The second kappa shape index (κ2) is 6.05. The minimum absolute atomic E-state index is 0.511. The van der Waals surface area contributed by atoms with Crippen LogP contribution >= 0.6 is 50.5 Å². The maximum atomic E-state index is 6.21. The lowest BCUT2D eigenvalue weighted by atomic mass is 10.1. The molecule has 0 unspecified atom stereocenters. The molecule has 2 heterocycles. The Morgan fingerprint density at radius 2 is 1.95 bits per heavy atom. The van der Waals surface area contributed by atoms with Gasteiger partial charge in [-0.1, -0.05) is 51.3 Å². The molecule has 0 fully saturated rings. The largest absolute Gasteiger partial charge is 0.251 e. The van der Waals surface area contributed by atoms with Crippen LogP contribution < -0.4 is 0 Å². The average molecular weight is 400 g/mol. The predicted octanol–water partition coefficient (Wildman–Crippen LogP) is 6.25.